The second kappa shape index (κ2) is 7.06. The number of anilines is 1. The van der Waals surface area contributed by atoms with Gasteiger partial charge in [0.2, 0.25) is 0 Å². The van der Waals surface area contributed by atoms with Gasteiger partial charge >= 0.3 is 6.03 Å². The molecular formula is C14H19ClN4OS. The van der Waals surface area contributed by atoms with Crippen molar-refractivity contribution in [3.05, 3.63) is 29.3 Å². The Morgan fingerprint density at radius 1 is 1.33 bits per heavy atom. The standard InChI is InChI=1S/C14H19ClN4OS/c1-10(13(16)21)18-6-8-19(9-7-18)14(20)17-12-5-3-2-4-11(12)15/h2-5,10H,6-9H2,1H3,(H2,16,21)(H,17,20). The Balaban J connectivity index is 1.89. The van der Waals surface area contributed by atoms with Gasteiger partial charge in [0.1, 0.15) is 0 Å². The van der Waals surface area contributed by atoms with E-state index in [4.69, 9.17) is 29.6 Å². The number of rotatable bonds is 3. The molecule has 114 valence electrons. The molecule has 1 aromatic rings. The lowest BCUT2D eigenvalue weighted by molar-refractivity contribution is 0.139. The Morgan fingerprint density at radius 2 is 1.95 bits per heavy atom. The molecule has 21 heavy (non-hydrogen) atoms. The van der Waals surface area contributed by atoms with E-state index in [1.165, 1.54) is 0 Å². The zero-order valence-corrected chi connectivity index (χ0v) is 13.5. The molecule has 2 rings (SSSR count). The fourth-order valence-electron chi connectivity index (χ4n) is 2.25. The molecule has 5 nitrogen and oxygen atoms in total. The molecule has 1 aliphatic rings. The third-order valence-corrected chi connectivity index (χ3v) is 4.35. The summed E-state index contributed by atoms with van der Waals surface area (Å²) < 4.78 is 0. The number of piperazine rings is 1. The summed E-state index contributed by atoms with van der Waals surface area (Å²) >= 11 is 11.0. The Bertz CT molecular complexity index is 531. The molecule has 0 aliphatic carbocycles. The van der Waals surface area contributed by atoms with Gasteiger partial charge in [-0.2, -0.15) is 0 Å². The monoisotopic (exact) mass is 326 g/mol. The van der Waals surface area contributed by atoms with Gasteiger partial charge in [0.25, 0.3) is 0 Å². The Hall–Kier alpha value is -1.37. The maximum atomic E-state index is 12.2. The topological polar surface area (TPSA) is 61.6 Å². The zero-order valence-electron chi connectivity index (χ0n) is 11.9. The van der Waals surface area contributed by atoms with E-state index < -0.39 is 0 Å². The van der Waals surface area contributed by atoms with Gasteiger partial charge in [0.05, 0.1) is 21.7 Å². The molecular weight excluding hydrogens is 308 g/mol. The van der Waals surface area contributed by atoms with Crippen molar-refractivity contribution in [3.8, 4) is 0 Å². The Morgan fingerprint density at radius 3 is 2.52 bits per heavy atom. The van der Waals surface area contributed by atoms with Crippen LogP contribution in [0.4, 0.5) is 10.5 Å². The second-order valence-corrected chi connectivity index (χ2v) is 5.89. The van der Waals surface area contributed by atoms with Crippen LogP contribution in [0.3, 0.4) is 0 Å². The lowest BCUT2D eigenvalue weighted by Crippen LogP contribution is -2.54. The van der Waals surface area contributed by atoms with E-state index in [-0.39, 0.29) is 12.1 Å². The van der Waals surface area contributed by atoms with Crippen LogP contribution < -0.4 is 11.1 Å². The number of carbonyl (C=O) groups is 1. The minimum Gasteiger partial charge on any atom is -0.392 e. The number of hydrogen-bond acceptors (Lipinski definition) is 3. The van der Waals surface area contributed by atoms with Crippen molar-refractivity contribution in [2.45, 2.75) is 13.0 Å². The number of nitrogens with one attached hydrogen (secondary N) is 1. The maximum absolute atomic E-state index is 12.2. The molecule has 7 heteroatoms. The molecule has 1 aromatic carbocycles. The van der Waals surface area contributed by atoms with Crippen LogP contribution in [-0.4, -0.2) is 53.0 Å². The van der Waals surface area contributed by atoms with Gasteiger partial charge in [-0.05, 0) is 19.1 Å². The average molecular weight is 327 g/mol. The molecule has 1 unspecified atom stereocenters. The van der Waals surface area contributed by atoms with Gasteiger partial charge in [-0.25, -0.2) is 4.79 Å². The van der Waals surface area contributed by atoms with E-state index in [9.17, 15) is 4.79 Å². The van der Waals surface area contributed by atoms with Crippen LogP contribution in [0.1, 0.15) is 6.92 Å². The van der Waals surface area contributed by atoms with Crippen LogP contribution in [0.2, 0.25) is 5.02 Å². The van der Waals surface area contributed by atoms with Gasteiger partial charge in [-0.1, -0.05) is 36.0 Å². The summed E-state index contributed by atoms with van der Waals surface area (Å²) in [6.45, 7) is 4.79. The first-order valence-corrected chi connectivity index (χ1v) is 7.61. The van der Waals surface area contributed by atoms with E-state index in [1.807, 2.05) is 19.1 Å². The molecule has 3 N–H and O–H groups in total. The summed E-state index contributed by atoms with van der Waals surface area (Å²) in [6, 6.07) is 7.13. The molecule has 1 atom stereocenters. The number of amides is 2. The predicted molar refractivity (Wildman–Crippen MR) is 89.9 cm³/mol. The number of nitrogens with zero attached hydrogens (tertiary/aromatic N) is 2. The number of para-hydroxylation sites is 1. The highest BCUT2D eigenvalue weighted by atomic mass is 35.5. The SMILES string of the molecule is CC(C(N)=S)N1CCN(C(=O)Nc2ccccc2Cl)CC1. The number of thiocarbonyl (C=S) groups is 1. The van der Waals surface area contributed by atoms with Crippen LogP contribution in [0.15, 0.2) is 24.3 Å². The quantitative estimate of drug-likeness (QED) is 0.836. The van der Waals surface area contributed by atoms with Gasteiger partial charge < -0.3 is 16.0 Å². The van der Waals surface area contributed by atoms with Crippen LogP contribution in [0, 0.1) is 0 Å². The highest BCUT2D eigenvalue weighted by molar-refractivity contribution is 7.80. The van der Waals surface area contributed by atoms with Gasteiger partial charge in [-0.15, -0.1) is 0 Å². The van der Waals surface area contributed by atoms with Crippen molar-refractivity contribution < 1.29 is 4.79 Å². The summed E-state index contributed by atoms with van der Waals surface area (Å²) in [4.78, 5) is 16.7. The number of hydrogen-bond donors (Lipinski definition) is 2. The lowest BCUT2D eigenvalue weighted by atomic mass is 10.2. The van der Waals surface area contributed by atoms with Gasteiger partial charge in [0, 0.05) is 26.2 Å². The van der Waals surface area contributed by atoms with E-state index in [2.05, 4.69) is 10.2 Å². The van der Waals surface area contributed by atoms with Crippen LogP contribution in [-0.2, 0) is 0 Å². The summed E-state index contributed by atoms with van der Waals surface area (Å²) in [6.07, 6.45) is 0. The van der Waals surface area contributed by atoms with E-state index in [0.29, 0.717) is 28.8 Å². The molecule has 0 bridgehead atoms. The normalized spacial score (nSPS) is 17.3. The van der Waals surface area contributed by atoms with Crippen molar-refractivity contribution in [3.63, 3.8) is 0 Å². The van der Waals surface area contributed by atoms with Crippen LogP contribution in [0.25, 0.3) is 0 Å². The first-order valence-electron chi connectivity index (χ1n) is 6.83. The molecule has 1 fully saturated rings. The smallest absolute Gasteiger partial charge is 0.321 e. The Labute approximate surface area is 135 Å². The highest BCUT2D eigenvalue weighted by Crippen LogP contribution is 2.21. The second-order valence-electron chi connectivity index (χ2n) is 5.01. The molecule has 1 aliphatic heterocycles. The number of halogens is 1. The molecule has 1 saturated heterocycles. The average Bonchev–Trinajstić information content (AvgIpc) is 2.49. The van der Waals surface area contributed by atoms with Gasteiger partial charge in [0.15, 0.2) is 0 Å². The third-order valence-electron chi connectivity index (χ3n) is 3.68. The summed E-state index contributed by atoms with van der Waals surface area (Å²) in [5.74, 6) is 0. The molecule has 0 aromatic heterocycles. The van der Waals surface area contributed by atoms with Crippen molar-refractivity contribution in [1.82, 2.24) is 9.80 Å². The third kappa shape index (κ3) is 4.06. The summed E-state index contributed by atoms with van der Waals surface area (Å²) in [5.41, 5.74) is 6.29. The van der Waals surface area contributed by atoms with Crippen molar-refractivity contribution in [2.75, 3.05) is 31.5 Å². The zero-order chi connectivity index (χ0) is 15.4. The minimum atomic E-state index is -0.134. The van der Waals surface area contributed by atoms with Crippen LogP contribution in [0.5, 0.6) is 0 Å². The number of benzene rings is 1. The first kappa shape index (κ1) is 16.0. The first-order chi connectivity index (χ1) is 9.99. The van der Waals surface area contributed by atoms with E-state index in [0.717, 1.165) is 13.1 Å². The fraction of sp³-hybridized carbons (Fsp3) is 0.429. The van der Waals surface area contributed by atoms with Crippen LogP contribution >= 0.6 is 23.8 Å². The molecule has 0 spiro atoms. The fourth-order valence-corrected chi connectivity index (χ4v) is 2.58. The van der Waals surface area contributed by atoms with E-state index in [1.54, 1.807) is 17.0 Å². The van der Waals surface area contributed by atoms with Crippen molar-refractivity contribution >= 4 is 40.5 Å². The van der Waals surface area contributed by atoms with Crippen molar-refractivity contribution in [1.29, 1.82) is 0 Å². The highest BCUT2D eigenvalue weighted by Gasteiger charge is 2.25. The largest absolute Gasteiger partial charge is 0.392 e. The minimum absolute atomic E-state index is 0.0637. The maximum Gasteiger partial charge on any atom is 0.321 e. The van der Waals surface area contributed by atoms with Gasteiger partial charge in [-0.3, -0.25) is 4.90 Å². The molecule has 2 amide bonds. The number of urea groups is 1. The van der Waals surface area contributed by atoms with Crippen molar-refractivity contribution in [2.24, 2.45) is 5.73 Å². The lowest BCUT2D eigenvalue weighted by Gasteiger charge is -2.37. The number of carbonyl (C=O) groups excluding carboxylic acids is 1. The predicted octanol–water partition coefficient (Wildman–Crippen LogP) is 2.16. The molecule has 1 heterocycles. The molecule has 0 saturated carbocycles. The molecule has 0 radical (unpaired) electrons. The summed E-state index contributed by atoms with van der Waals surface area (Å²) in [5, 5.41) is 3.37. The number of nitrogens with two attached hydrogens (primary N) is 1. The Kier molecular flexibility index (Phi) is 5.39. The summed E-state index contributed by atoms with van der Waals surface area (Å²) in [7, 11) is 0. The van der Waals surface area contributed by atoms with E-state index >= 15 is 0 Å².